The zero-order chi connectivity index (χ0) is 14.5. The average Bonchev–Trinajstić information content (AvgIpc) is 2.93. The van der Waals surface area contributed by atoms with E-state index in [9.17, 15) is 4.79 Å². The van der Waals surface area contributed by atoms with Gasteiger partial charge in [0.2, 0.25) is 0 Å². The van der Waals surface area contributed by atoms with Gasteiger partial charge in [-0.05, 0) is 30.9 Å². The molecular formula is C15H20BrNO3. The van der Waals surface area contributed by atoms with Gasteiger partial charge in [0.15, 0.2) is 11.5 Å². The number of benzene rings is 1. The maximum Gasteiger partial charge on any atom is 0.255 e. The Morgan fingerprint density at radius 2 is 2.15 bits per heavy atom. The molecule has 0 radical (unpaired) electrons. The molecule has 0 aliphatic heterocycles. The second-order valence-electron chi connectivity index (χ2n) is 4.97. The Kier molecular flexibility index (Phi) is 5.29. The molecule has 1 fully saturated rings. The monoisotopic (exact) mass is 341 g/mol. The van der Waals surface area contributed by atoms with Gasteiger partial charge in [-0.2, -0.15) is 0 Å². The van der Waals surface area contributed by atoms with E-state index < -0.39 is 0 Å². The van der Waals surface area contributed by atoms with Crippen LogP contribution in [0.1, 0.15) is 29.6 Å². The molecule has 1 N–H and O–H groups in total. The van der Waals surface area contributed by atoms with Crippen LogP contribution in [0.4, 0.5) is 0 Å². The van der Waals surface area contributed by atoms with E-state index in [1.54, 1.807) is 32.4 Å². The molecule has 0 aromatic heterocycles. The zero-order valence-electron chi connectivity index (χ0n) is 11.8. The highest BCUT2D eigenvalue weighted by atomic mass is 79.9. The third kappa shape index (κ3) is 3.08. The third-order valence-electron chi connectivity index (χ3n) is 3.82. The number of hydrogen-bond donors (Lipinski definition) is 1. The van der Waals surface area contributed by atoms with Gasteiger partial charge in [-0.25, -0.2) is 0 Å². The van der Waals surface area contributed by atoms with Gasteiger partial charge in [0.25, 0.3) is 5.91 Å². The lowest BCUT2D eigenvalue weighted by molar-refractivity contribution is 0.0926. The fourth-order valence-corrected chi connectivity index (χ4v) is 3.50. The fourth-order valence-electron chi connectivity index (χ4n) is 2.72. The van der Waals surface area contributed by atoms with Gasteiger partial charge in [0.05, 0.1) is 19.8 Å². The topological polar surface area (TPSA) is 47.6 Å². The molecule has 5 heteroatoms. The average molecular weight is 342 g/mol. The Balaban J connectivity index is 2.17. The summed E-state index contributed by atoms with van der Waals surface area (Å²) in [5, 5.41) is 4.04. The lowest BCUT2D eigenvalue weighted by Crippen LogP contribution is -2.38. The molecule has 1 aromatic rings. The number of halogens is 1. The van der Waals surface area contributed by atoms with Gasteiger partial charge >= 0.3 is 0 Å². The summed E-state index contributed by atoms with van der Waals surface area (Å²) in [5.74, 6) is 1.47. The van der Waals surface area contributed by atoms with Crippen molar-refractivity contribution in [3.05, 3.63) is 23.8 Å². The first-order valence-electron chi connectivity index (χ1n) is 6.79. The largest absolute Gasteiger partial charge is 0.493 e. The van der Waals surface area contributed by atoms with Crippen LogP contribution < -0.4 is 14.8 Å². The summed E-state index contributed by atoms with van der Waals surface area (Å²) in [6.45, 7) is 0. The number of carbonyl (C=O) groups is 1. The molecule has 0 bridgehead atoms. The molecule has 2 rings (SSSR count). The first-order chi connectivity index (χ1) is 9.71. The van der Waals surface area contributed by atoms with Gasteiger partial charge in [0.1, 0.15) is 0 Å². The summed E-state index contributed by atoms with van der Waals surface area (Å²) in [6, 6.07) is 5.58. The third-order valence-corrected chi connectivity index (χ3v) is 4.65. The zero-order valence-corrected chi connectivity index (χ0v) is 13.4. The minimum atomic E-state index is -0.0985. The summed E-state index contributed by atoms with van der Waals surface area (Å²) >= 11 is 3.52. The Bertz CT molecular complexity index is 478. The van der Waals surface area contributed by atoms with Crippen molar-refractivity contribution in [3.63, 3.8) is 0 Å². The Morgan fingerprint density at radius 3 is 2.80 bits per heavy atom. The van der Waals surface area contributed by atoms with Crippen molar-refractivity contribution in [2.75, 3.05) is 19.5 Å². The van der Waals surface area contributed by atoms with E-state index >= 15 is 0 Å². The number of amides is 1. The molecule has 2 unspecified atom stereocenters. The molecule has 1 amide bonds. The molecular weight excluding hydrogens is 322 g/mol. The van der Waals surface area contributed by atoms with Crippen LogP contribution in [0.25, 0.3) is 0 Å². The molecule has 0 spiro atoms. The fraction of sp³-hybridized carbons (Fsp3) is 0.533. The van der Waals surface area contributed by atoms with E-state index in [0.717, 1.165) is 24.6 Å². The molecule has 1 aliphatic carbocycles. The van der Waals surface area contributed by atoms with Crippen LogP contribution >= 0.6 is 15.9 Å². The second kappa shape index (κ2) is 6.97. The van der Waals surface area contributed by atoms with Crippen molar-refractivity contribution in [3.8, 4) is 11.5 Å². The molecule has 20 heavy (non-hydrogen) atoms. The smallest absolute Gasteiger partial charge is 0.255 e. The van der Waals surface area contributed by atoms with Crippen molar-refractivity contribution < 1.29 is 14.3 Å². The molecule has 1 aromatic carbocycles. The van der Waals surface area contributed by atoms with Gasteiger partial charge in [-0.3, -0.25) is 4.79 Å². The maximum absolute atomic E-state index is 12.4. The maximum atomic E-state index is 12.4. The van der Waals surface area contributed by atoms with E-state index in [0.29, 0.717) is 23.0 Å². The molecule has 1 saturated carbocycles. The van der Waals surface area contributed by atoms with Gasteiger partial charge < -0.3 is 14.8 Å². The van der Waals surface area contributed by atoms with Crippen molar-refractivity contribution in [2.24, 2.45) is 5.92 Å². The van der Waals surface area contributed by atoms with Crippen LogP contribution in [0.5, 0.6) is 11.5 Å². The standard InChI is InChI=1S/C15H20BrNO3/c1-19-13-8-4-6-11(14(13)20-2)15(18)17-12-7-3-5-10(12)9-16/h4,6,8,10,12H,3,5,7,9H2,1-2H3,(H,17,18). The number of ether oxygens (including phenoxy) is 2. The van der Waals surface area contributed by atoms with E-state index in [-0.39, 0.29) is 11.9 Å². The van der Waals surface area contributed by atoms with E-state index in [1.807, 2.05) is 0 Å². The minimum absolute atomic E-state index is 0.0985. The number of carbonyl (C=O) groups excluding carboxylic acids is 1. The predicted molar refractivity (Wildman–Crippen MR) is 81.9 cm³/mol. The summed E-state index contributed by atoms with van der Waals surface area (Å²) in [7, 11) is 3.11. The summed E-state index contributed by atoms with van der Waals surface area (Å²) in [6.07, 6.45) is 3.36. The summed E-state index contributed by atoms with van der Waals surface area (Å²) in [4.78, 5) is 12.4. The number of para-hydroxylation sites is 1. The lowest BCUT2D eigenvalue weighted by atomic mass is 10.1. The number of alkyl halides is 1. The van der Waals surface area contributed by atoms with Crippen LogP contribution in [0.3, 0.4) is 0 Å². The van der Waals surface area contributed by atoms with Gasteiger partial charge in [0, 0.05) is 11.4 Å². The lowest BCUT2D eigenvalue weighted by Gasteiger charge is -2.20. The summed E-state index contributed by atoms with van der Waals surface area (Å²) < 4.78 is 10.5. The molecule has 0 heterocycles. The van der Waals surface area contributed by atoms with Crippen LogP contribution in [-0.2, 0) is 0 Å². The Morgan fingerprint density at radius 1 is 1.35 bits per heavy atom. The molecule has 2 atom stereocenters. The highest BCUT2D eigenvalue weighted by molar-refractivity contribution is 9.09. The van der Waals surface area contributed by atoms with Crippen molar-refractivity contribution >= 4 is 21.8 Å². The highest BCUT2D eigenvalue weighted by Crippen LogP contribution is 2.32. The molecule has 110 valence electrons. The number of nitrogens with one attached hydrogen (secondary N) is 1. The van der Waals surface area contributed by atoms with Crippen molar-refractivity contribution in [2.45, 2.75) is 25.3 Å². The number of hydrogen-bond acceptors (Lipinski definition) is 3. The van der Waals surface area contributed by atoms with Crippen molar-refractivity contribution in [1.82, 2.24) is 5.32 Å². The first kappa shape index (κ1) is 15.2. The molecule has 0 saturated heterocycles. The summed E-state index contributed by atoms with van der Waals surface area (Å²) in [5.41, 5.74) is 0.520. The van der Waals surface area contributed by atoms with E-state index in [2.05, 4.69) is 21.2 Å². The van der Waals surface area contributed by atoms with E-state index in [4.69, 9.17) is 9.47 Å². The quantitative estimate of drug-likeness (QED) is 0.837. The minimum Gasteiger partial charge on any atom is -0.493 e. The highest BCUT2D eigenvalue weighted by Gasteiger charge is 2.28. The van der Waals surface area contributed by atoms with Crippen LogP contribution in [0.2, 0.25) is 0 Å². The SMILES string of the molecule is COc1cccc(C(=O)NC2CCCC2CBr)c1OC. The van der Waals surface area contributed by atoms with Crippen molar-refractivity contribution in [1.29, 1.82) is 0 Å². The Labute approximate surface area is 128 Å². The van der Waals surface area contributed by atoms with Crippen LogP contribution in [0.15, 0.2) is 18.2 Å². The van der Waals surface area contributed by atoms with Crippen LogP contribution in [0, 0.1) is 5.92 Å². The molecule has 1 aliphatic rings. The van der Waals surface area contributed by atoms with E-state index in [1.165, 1.54) is 0 Å². The molecule has 4 nitrogen and oxygen atoms in total. The second-order valence-corrected chi connectivity index (χ2v) is 5.61. The number of methoxy groups -OCH3 is 2. The predicted octanol–water partition coefficient (Wildman–Crippen LogP) is 3.00. The van der Waals surface area contributed by atoms with Crippen LogP contribution in [-0.4, -0.2) is 31.5 Å². The first-order valence-corrected chi connectivity index (χ1v) is 7.91. The normalized spacial score (nSPS) is 21.6. The van der Waals surface area contributed by atoms with Gasteiger partial charge in [-0.15, -0.1) is 0 Å². The van der Waals surface area contributed by atoms with Gasteiger partial charge in [-0.1, -0.05) is 28.4 Å². The Hall–Kier alpha value is -1.23. The number of rotatable bonds is 5.